The Bertz CT molecular complexity index is 892. The first kappa shape index (κ1) is 20.5. The van der Waals surface area contributed by atoms with E-state index in [1.54, 1.807) is 0 Å². The Hall–Kier alpha value is -2.12. The molecule has 0 spiro atoms. The summed E-state index contributed by atoms with van der Waals surface area (Å²) < 4.78 is 22.0. The molecule has 0 N–H and O–H groups in total. The molecule has 5 unspecified atom stereocenters. The molecule has 6 heteroatoms. The van der Waals surface area contributed by atoms with Crippen molar-refractivity contribution in [1.29, 1.82) is 0 Å². The van der Waals surface area contributed by atoms with E-state index < -0.39 is 0 Å². The number of hydrogen-bond acceptors (Lipinski definition) is 6. The third kappa shape index (κ3) is 5.44. The molecule has 6 rings (SSSR count). The highest BCUT2D eigenvalue weighted by atomic mass is 16.6. The summed E-state index contributed by atoms with van der Waals surface area (Å²) in [5.74, 6) is 0. The third-order valence-electron chi connectivity index (χ3n) is 6.73. The molecule has 0 saturated carbocycles. The van der Waals surface area contributed by atoms with Gasteiger partial charge in [-0.1, -0.05) is 24.3 Å². The van der Waals surface area contributed by atoms with Crippen molar-refractivity contribution in [2.45, 2.75) is 43.9 Å². The average Bonchev–Trinajstić information content (AvgIpc) is 3.61. The normalized spacial score (nSPS) is 29.5. The zero-order chi connectivity index (χ0) is 21.5. The lowest BCUT2D eigenvalue weighted by molar-refractivity contribution is 0.372. The van der Waals surface area contributed by atoms with Gasteiger partial charge in [0.05, 0.1) is 44.2 Å². The van der Waals surface area contributed by atoms with Gasteiger partial charge in [0, 0.05) is 37.6 Å². The molecule has 4 saturated heterocycles. The summed E-state index contributed by atoms with van der Waals surface area (Å²) >= 11 is 0. The molecular formula is C26H32N2O4. The smallest absolute Gasteiger partial charge is 0.101 e. The highest BCUT2D eigenvalue weighted by Gasteiger charge is 2.37. The molecule has 170 valence electrons. The minimum Gasteiger partial charge on any atom is -0.371 e. The maximum Gasteiger partial charge on any atom is 0.101 e. The number of nitrogens with zero attached hydrogens (tertiary/aromatic N) is 2. The van der Waals surface area contributed by atoms with Crippen LogP contribution in [0.5, 0.6) is 0 Å². The number of epoxide rings is 4. The fourth-order valence-electron chi connectivity index (χ4n) is 4.35. The van der Waals surface area contributed by atoms with Gasteiger partial charge in [0.15, 0.2) is 0 Å². The molecule has 4 aliphatic rings. The van der Waals surface area contributed by atoms with Gasteiger partial charge in [-0.05, 0) is 48.7 Å². The van der Waals surface area contributed by atoms with Gasteiger partial charge in [-0.15, -0.1) is 0 Å². The molecule has 4 fully saturated rings. The SMILES string of the molecule is CC1OC1CN(CC1CO1)c1ccc(Cc2ccc(N(CC3CO3)CC3CO3)cc2)cc1. The van der Waals surface area contributed by atoms with E-state index in [4.69, 9.17) is 18.9 Å². The second-order valence-electron chi connectivity index (χ2n) is 9.57. The second-order valence-corrected chi connectivity index (χ2v) is 9.57. The molecule has 4 aliphatic heterocycles. The molecule has 2 aromatic carbocycles. The van der Waals surface area contributed by atoms with Crippen LogP contribution in [-0.4, -0.2) is 76.5 Å². The standard InChI is InChI=1S/C26H32N2O4/c1-18-26(32-18)14-28(13-25-17-31-25)22-8-4-20(5-9-22)10-19-2-6-21(7-3-19)27(11-23-15-29-23)12-24-16-30-24/h2-9,18,23-26H,10-17H2,1H3. The molecule has 0 amide bonds. The topological polar surface area (TPSA) is 56.6 Å². The lowest BCUT2D eigenvalue weighted by Gasteiger charge is -2.24. The van der Waals surface area contributed by atoms with E-state index in [0.29, 0.717) is 30.5 Å². The summed E-state index contributed by atoms with van der Waals surface area (Å²) in [6.45, 7) is 8.58. The van der Waals surface area contributed by atoms with Crippen LogP contribution in [0.4, 0.5) is 11.4 Å². The number of ether oxygens (including phenoxy) is 4. The average molecular weight is 437 g/mol. The van der Waals surface area contributed by atoms with Gasteiger partial charge in [-0.2, -0.15) is 0 Å². The van der Waals surface area contributed by atoms with Gasteiger partial charge in [0.1, 0.15) is 6.10 Å². The Morgan fingerprint density at radius 1 is 0.656 bits per heavy atom. The van der Waals surface area contributed by atoms with Crippen molar-refractivity contribution in [2.24, 2.45) is 0 Å². The number of rotatable bonds is 12. The van der Waals surface area contributed by atoms with Gasteiger partial charge in [0.25, 0.3) is 0 Å². The number of benzene rings is 2. The number of anilines is 2. The molecule has 5 atom stereocenters. The summed E-state index contributed by atoms with van der Waals surface area (Å²) in [6, 6.07) is 18.0. The van der Waals surface area contributed by atoms with Crippen LogP contribution in [0.2, 0.25) is 0 Å². The first-order valence-electron chi connectivity index (χ1n) is 11.9. The van der Waals surface area contributed by atoms with E-state index in [1.807, 2.05) is 0 Å². The summed E-state index contributed by atoms with van der Waals surface area (Å²) in [7, 11) is 0. The molecule has 32 heavy (non-hydrogen) atoms. The fraction of sp³-hybridized carbons (Fsp3) is 0.538. The third-order valence-corrected chi connectivity index (χ3v) is 6.73. The van der Waals surface area contributed by atoms with Crippen molar-refractivity contribution in [2.75, 3.05) is 55.8 Å². The summed E-state index contributed by atoms with van der Waals surface area (Å²) in [5.41, 5.74) is 5.16. The lowest BCUT2D eigenvalue weighted by atomic mass is 10.0. The summed E-state index contributed by atoms with van der Waals surface area (Å²) in [6.07, 6.45) is 2.81. The summed E-state index contributed by atoms with van der Waals surface area (Å²) in [5, 5.41) is 0. The van der Waals surface area contributed by atoms with Crippen LogP contribution in [0, 0.1) is 0 Å². The van der Waals surface area contributed by atoms with E-state index >= 15 is 0 Å². The Balaban J connectivity index is 1.08. The molecule has 0 radical (unpaired) electrons. The molecule has 0 bridgehead atoms. The largest absolute Gasteiger partial charge is 0.371 e. The van der Waals surface area contributed by atoms with Gasteiger partial charge < -0.3 is 28.7 Å². The summed E-state index contributed by atoms with van der Waals surface area (Å²) in [4.78, 5) is 4.81. The van der Waals surface area contributed by atoms with Crippen LogP contribution in [0.15, 0.2) is 48.5 Å². The molecular weight excluding hydrogens is 404 g/mol. The quantitative estimate of drug-likeness (QED) is 0.477. The zero-order valence-electron chi connectivity index (χ0n) is 18.7. The molecule has 4 heterocycles. The van der Waals surface area contributed by atoms with Crippen LogP contribution in [-0.2, 0) is 25.4 Å². The number of hydrogen-bond donors (Lipinski definition) is 0. The van der Waals surface area contributed by atoms with Crippen LogP contribution in [0.25, 0.3) is 0 Å². The molecule has 2 aromatic rings. The van der Waals surface area contributed by atoms with Gasteiger partial charge in [-0.25, -0.2) is 0 Å². The van der Waals surface area contributed by atoms with Crippen molar-refractivity contribution in [1.82, 2.24) is 0 Å². The lowest BCUT2D eigenvalue weighted by Crippen LogP contribution is -2.32. The van der Waals surface area contributed by atoms with Gasteiger partial charge in [-0.3, -0.25) is 0 Å². The molecule has 0 aliphatic carbocycles. The van der Waals surface area contributed by atoms with Crippen molar-refractivity contribution in [3.05, 3.63) is 59.7 Å². The van der Waals surface area contributed by atoms with Crippen LogP contribution >= 0.6 is 0 Å². The predicted molar refractivity (Wildman–Crippen MR) is 124 cm³/mol. The van der Waals surface area contributed by atoms with Crippen molar-refractivity contribution in [3.63, 3.8) is 0 Å². The molecule has 0 aromatic heterocycles. The Kier molecular flexibility index (Phi) is 5.55. The van der Waals surface area contributed by atoms with Crippen molar-refractivity contribution >= 4 is 11.4 Å². The van der Waals surface area contributed by atoms with Crippen LogP contribution in [0.3, 0.4) is 0 Å². The van der Waals surface area contributed by atoms with Crippen LogP contribution < -0.4 is 9.80 Å². The Morgan fingerprint density at radius 2 is 1.03 bits per heavy atom. The monoisotopic (exact) mass is 436 g/mol. The van der Waals surface area contributed by atoms with Gasteiger partial charge in [0.2, 0.25) is 0 Å². The first-order valence-corrected chi connectivity index (χ1v) is 11.9. The Morgan fingerprint density at radius 3 is 1.38 bits per heavy atom. The predicted octanol–water partition coefficient (Wildman–Crippen LogP) is 2.87. The fourth-order valence-corrected chi connectivity index (χ4v) is 4.35. The molecule has 6 nitrogen and oxygen atoms in total. The highest BCUT2D eigenvalue weighted by molar-refractivity contribution is 5.51. The minimum atomic E-state index is 0.351. The van der Waals surface area contributed by atoms with E-state index in [-0.39, 0.29) is 0 Å². The van der Waals surface area contributed by atoms with E-state index in [0.717, 1.165) is 52.4 Å². The minimum absolute atomic E-state index is 0.351. The maximum atomic E-state index is 5.65. The van der Waals surface area contributed by atoms with Crippen molar-refractivity contribution < 1.29 is 18.9 Å². The van der Waals surface area contributed by atoms with Crippen LogP contribution in [0.1, 0.15) is 18.1 Å². The van der Waals surface area contributed by atoms with E-state index in [2.05, 4.69) is 65.3 Å². The first-order chi connectivity index (χ1) is 15.7. The highest BCUT2D eigenvalue weighted by Crippen LogP contribution is 2.28. The second kappa shape index (κ2) is 8.67. The maximum absolute atomic E-state index is 5.65. The zero-order valence-corrected chi connectivity index (χ0v) is 18.7. The van der Waals surface area contributed by atoms with Crippen molar-refractivity contribution in [3.8, 4) is 0 Å². The van der Waals surface area contributed by atoms with E-state index in [9.17, 15) is 0 Å². The van der Waals surface area contributed by atoms with Gasteiger partial charge >= 0.3 is 0 Å². The Labute approximate surface area is 190 Å². The van der Waals surface area contributed by atoms with E-state index in [1.165, 1.54) is 22.5 Å².